The van der Waals surface area contributed by atoms with Gasteiger partial charge >= 0.3 is 0 Å². The quantitative estimate of drug-likeness (QED) is 0.811. The van der Waals surface area contributed by atoms with Gasteiger partial charge in [-0.3, -0.25) is 0 Å². The second-order valence-corrected chi connectivity index (χ2v) is 5.96. The van der Waals surface area contributed by atoms with Crippen molar-refractivity contribution < 1.29 is 0 Å². The number of aryl methyl sites for hydroxylation is 2. The normalized spacial score (nSPS) is 13.8. The predicted octanol–water partition coefficient (Wildman–Crippen LogP) is 2.64. The molecule has 0 bridgehead atoms. The highest BCUT2D eigenvalue weighted by Gasteiger charge is 2.23. The van der Waals surface area contributed by atoms with Crippen molar-refractivity contribution in [2.45, 2.75) is 66.5 Å². The van der Waals surface area contributed by atoms with Crippen LogP contribution in [0.2, 0.25) is 0 Å². The number of nitrogens with zero attached hydrogens (tertiary/aromatic N) is 3. The van der Waals surface area contributed by atoms with Gasteiger partial charge in [-0.05, 0) is 31.2 Å². The highest BCUT2D eigenvalue weighted by molar-refractivity contribution is 4.96. The molecule has 1 heterocycles. The molecule has 0 aliphatic rings. The van der Waals surface area contributed by atoms with Gasteiger partial charge in [-0.1, -0.05) is 39.8 Å². The summed E-state index contributed by atoms with van der Waals surface area (Å²) < 4.78 is 2.03. The lowest BCUT2D eigenvalue weighted by atomic mass is 9.83. The minimum Gasteiger partial charge on any atom is -0.314 e. The minimum atomic E-state index is 0.291. The van der Waals surface area contributed by atoms with Gasteiger partial charge in [0.25, 0.3) is 0 Å². The molecule has 0 aliphatic heterocycles. The van der Waals surface area contributed by atoms with Crippen LogP contribution in [0.3, 0.4) is 0 Å². The maximum absolute atomic E-state index is 4.14. The molecule has 104 valence electrons. The van der Waals surface area contributed by atoms with Gasteiger partial charge in [0.1, 0.15) is 0 Å². The zero-order chi connectivity index (χ0) is 13.6. The lowest BCUT2D eigenvalue weighted by Crippen LogP contribution is -2.40. The lowest BCUT2D eigenvalue weighted by molar-refractivity contribution is 0.257. The van der Waals surface area contributed by atoms with E-state index in [1.807, 2.05) is 10.9 Å². The van der Waals surface area contributed by atoms with E-state index in [2.05, 4.69) is 50.2 Å². The third-order valence-corrected chi connectivity index (χ3v) is 3.32. The van der Waals surface area contributed by atoms with E-state index in [4.69, 9.17) is 0 Å². The van der Waals surface area contributed by atoms with Crippen LogP contribution in [-0.2, 0) is 13.0 Å². The van der Waals surface area contributed by atoms with E-state index in [9.17, 15) is 0 Å². The Bertz CT molecular complexity index is 338. The third kappa shape index (κ3) is 4.41. The van der Waals surface area contributed by atoms with Gasteiger partial charge in [-0.25, -0.2) is 4.68 Å². The number of rotatable bonds is 7. The fourth-order valence-corrected chi connectivity index (χ4v) is 2.25. The molecule has 0 saturated heterocycles. The monoisotopic (exact) mass is 252 g/mol. The summed E-state index contributed by atoms with van der Waals surface area (Å²) in [5, 5.41) is 11.7. The summed E-state index contributed by atoms with van der Waals surface area (Å²) >= 11 is 0. The first kappa shape index (κ1) is 15.2. The number of nitrogens with one attached hydrogen (secondary N) is 1. The molecule has 4 heteroatoms. The van der Waals surface area contributed by atoms with Crippen LogP contribution in [0, 0.1) is 5.41 Å². The molecule has 1 aromatic rings. The summed E-state index contributed by atoms with van der Waals surface area (Å²) in [7, 11) is 0. The van der Waals surface area contributed by atoms with E-state index in [1.165, 1.54) is 5.69 Å². The van der Waals surface area contributed by atoms with E-state index >= 15 is 0 Å². The van der Waals surface area contributed by atoms with E-state index in [0.29, 0.717) is 11.5 Å². The van der Waals surface area contributed by atoms with Crippen LogP contribution in [0.5, 0.6) is 0 Å². The summed E-state index contributed by atoms with van der Waals surface area (Å²) in [6, 6.07) is 0.535. The second-order valence-electron chi connectivity index (χ2n) is 5.96. The first-order valence-electron chi connectivity index (χ1n) is 7.09. The van der Waals surface area contributed by atoms with Crippen LogP contribution in [0.15, 0.2) is 6.20 Å². The van der Waals surface area contributed by atoms with Crippen LogP contribution in [0.4, 0.5) is 0 Å². The highest BCUT2D eigenvalue weighted by Crippen LogP contribution is 2.23. The van der Waals surface area contributed by atoms with E-state index in [0.717, 1.165) is 32.4 Å². The first-order chi connectivity index (χ1) is 8.49. The molecule has 1 aromatic heterocycles. The Morgan fingerprint density at radius 3 is 2.61 bits per heavy atom. The minimum absolute atomic E-state index is 0.291. The van der Waals surface area contributed by atoms with Crippen molar-refractivity contribution in [1.29, 1.82) is 0 Å². The van der Waals surface area contributed by atoms with Crippen LogP contribution >= 0.6 is 0 Å². The first-order valence-corrected chi connectivity index (χ1v) is 7.09. The summed E-state index contributed by atoms with van der Waals surface area (Å²) in [4.78, 5) is 0. The average molecular weight is 252 g/mol. The molecule has 0 aromatic carbocycles. The average Bonchev–Trinajstić information content (AvgIpc) is 2.71. The zero-order valence-corrected chi connectivity index (χ0v) is 12.5. The van der Waals surface area contributed by atoms with Crippen molar-refractivity contribution in [2.75, 3.05) is 6.54 Å². The molecule has 0 spiro atoms. The molecule has 4 nitrogen and oxygen atoms in total. The topological polar surface area (TPSA) is 42.7 Å². The highest BCUT2D eigenvalue weighted by atomic mass is 15.4. The van der Waals surface area contributed by atoms with Crippen molar-refractivity contribution in [3.63, 3.8) is 0 Å². The van der Waals surface area contributed by atoms with E-state index in [-0.39, 0.29) is 0 Å². The van der Waals surface area contributed by atoms with Crippen molar-refractivity contribution in [1.82, 2.24) is 20.3 Å². The van der Waals surface area contributed by atoms with Gasteiger partial charge in [0.15, 0.2) is 0 Å². The van der Waals surface area contributed by atoms with Gasteiger partial charge in [0.05, 0.1) is 11.9 Å². The Balaban J connectivity index is 2.58. The van der Waals surface area contributed by atoms with Crippen molar-refractivity contribution in [2.24, 2.45) is 5.41 Å². The molecule has 1 atom stereocenters. The fourth-order valence-electron chi connectivity index (χ4n) is 2.25. The molecular weight excluding hydrogens is 224 g/mol. The van der Waals surface area contributed by atoms with E-state index < -0.39 is 0 Å². The molecule has 1 unspecified atom stereocenters. The van der Waals surface area contributed by atoms with Gasteiger partial charge < -0.3 is 5.32 Å². The number of aromatic nitrogens is 3. The van der Waals surface area contributed by atoms with Crippen molar-refractivity contribution in [3.8, 4) is 0 Å². The Labute approximate surface area is 111 Å². The SMILES string of the molecule is CCCn1nncc1CCC(NCC)C(C)(C)C. The fraction of sp³-hybridized carbons (Fsp3) is 0.857. The summed E-state index contributed by atoms with van der Waals surface area (Å²) in [5.74, 6) is 0. The van der Waals surface area contributed by atoms with Gasteiger partial charge in [-0.2, -0.15) is 0 Å². The molecule has 1 rings (SSSR count). The maximum Gasteiger partial charge on any atom is 0.0725 e. The second kappa shape index (κ2) is 6.88. The maximum atomic E-state index is 4.14. The van der Waals surface area contributed by atoms with Gasteiger partial charge in [0.2, 0.25) is 0 Å². The largest absolute Gasteiger partial charge is 0.314 e. The van der Waals surface area contributed by atoms with Crippen molar-refractivity contribution >= 4 is 0 Å². The molecule has 0 saturated carbocycles. The molecule has 0 radical (unpaired) electrons. The Hall–Kier alpha value is -0.900. The third-order valence-electron chi connectivity index (χ3n) is 3.32. The van der Waals surface area contributed by atoms with Crippen LogP contribution in [0.1, 0.15) is 53.2 Å². The molecule has 18 heavy (non-hydrogen) atoms. The Kier molecular flexibility index (Phi) is 5.79. The smallest absolute Gasteiger partial charge is 0.0725 e. The summed E-state index contributed by atoms with van der Waals surface area (Å²) in [5.41, 5.74) is 1.54. The molecule has 0 fully saturated rings. The predicted molar refractivity (Wildman–Crippen MR) is 75.6 cm³/mol. The Morgan fingerprint density at radius 2 is 2.06 bits per heavy atom. The zero-order valence-electron chi connectivity index (χ0n) is 12.5. The molecule has 1 N–H and O–H groups in total. The van der Waals surface area contributed by atoms with Crippen molar-refractivity contribution in [3.05, 3.63) is 11.9 Å². The molecule has 0 amide bonds. The summed E-state index contributed by atoms with van der Waals surface area (Å²) in [6.07, 6.45) is 5.18. The van der Waals surface area contributed by atoms with Crippen LogP contribution in [-0.4, -0.2) is 27.6 Å². The van der Waals surface area contributed by atoms with Gasteiger partial charge in [-0.15, -0.1) is 5.10 Å². The molecule has 0 aliphatic carbocycles. The van der Waals surface area contributed by atoms with Crippen LogP contribution in [0.25, 0.3) is 0 Å². The summed E-state index contributed by atoms with van der Waals surface area (Å²) in [6.45, 7) is 13.2. The van der Waals surface area contributed by atoms with E-state index in [1.54, 1.807) is 0 Å². The number of hydrogen-bond acceptors (Lipinski definition) is 3. The van der Waals surface area contributed by atoms with Crippen LogP contribution < -0.4 is 5.32 Å². The molecular formula is C14H28N4. The number of hydrogen-bond donors (Lipinski definition) is 1. The Morgan fingerprint density at radius 1 is 1.33 bits per heavy atom. The standard InChI is InChI=1S/C14H28N4/c1-6-10-18-12(11-16-17-18)8-9-13(15-7-2)14(3,4)5/h11,13,15H,6-10H2,1-5H3. The van der Waals surface area contributed by atoms with Gasteiger partial charge in [0, 0.05) is 12.6 Å². The lowest BCUT2D eigenvalue weighted by Gasteiger charge is -2.31.